The number of alkyl halides is 3. The fraction of sp³-hybridized carbons (Fsp3) is 0.857. The van der Waals surface area contributed by atoms with Gasteiger partial charge in [-0.25, -0.2) is 0 Å². The first kappa shape index (κ1) is 19.5. The Morgan fingerprint density at radius 1 is 1.30 bits per heavy atom. The van der Waals surface area contributed by atoms with Crippen LogP contribution < -0.4 is 5.32 Å². The van der Waals surface area contributed by atoms with Crippen molar-refractivity contribution in [1.82, 2.24) is 15.1 Å². The Bertz CT molecular complexity index is 411. The van der Waals surface area contributed by atoms with Gasteiger partial charge in [-0.05, 0) is 18.8 Å². The molecule has 1 N–H and O–H groups in total. The van der Waals surface area contributed by atoms with E-state index in [-0.39, 0.29) is 6.54 Å². The topological polar surface area (TPSA) is 57.2 Å². The van der Waals surface area contributed by atoms with E-state index in [1.165, 1.54) is 12.8 Å². The van der Waals surface area contributed by atoms with Crippen LogP contribution in [0.1, 0.15) is 12.8 Å². The van der Waals surface area contributed by atoms with Crippen LogP contribution in [-0.2, 0) is 9.53 Å². The van der Waals surface area contributed by atoms with E-state index in [0.29, 0.717) is 29.9 Å². The highest BCUT2D eigenvalue weighted by Crippen LogP contribution is 2.28. The molecule has 0 aliphatic heterocycles. The molecule has 0 saturated heterocycles. The van der Waals surface area contributed by atoms with E-state index in [2.05, 4.69) is 10.3 Å². The van der Waals surface area contributed by atoms with Crippen molar-refractivity contribution in [1.29, 1.82) is 0 Å². The Balaban J connectivity index is 2.26. The number of nitrogens with one attached hydrogen (secondary N) is 1. The molecule has 1 rings (SSSR count). The number of rotatable bonds is 8. The molecule has 9 heteroatoms. The molecule has 0 unspecified atom stereocenters. The van der Waals surface area contributed by atoms with E-state index in [9.17, 15) is 18.0 Å². The number of amides is 1. The zero-order valence-electron chi connectivity index (χ0n) is 13.8. The van der Waals surface area contributed by atoms with Crippen molar-refractivity contribution in [2.24, 2.45) is 10.9 Å². The van der Waals surface area contributed by atoms with Gasteiger partial charge in [0, 0.05) is 34.3 Å². The zero-order chi connectivity index (χ0) is 17.5. The van der Waals surface area contributed by atoms with Gasteiger partial charge in [-0.3, -0.25) is 9.79 Å². The number of likely N-dealkylation sites (N-methyl/N-ethyl adjacent to an activating group) is 2. The molecule has 1 fully saturated rings. The van der Waals surface area contributed by atoms with Gasteiger partial charge in [0.05, 0.1) is 13.2 Å². The van der Waals surface area contributed by atoms with Gasteiger partial charge < -0.3 is 19.9 Å². The molecule has 1 saturated carbocycles. The molecule has 1 amide bonds. The summed E-state index contributed by atoms with van der Waals surface area (Å²) in [7, 11) is 4.45. The van der Waals surface area contributed by atoms with Crippen LogP contribution >= 0.6 is 0 Å². The zero-order valence-corrected chi connectivity index (χ0v) is 13.8. The molecule has 0 aromatic carbocycles. The summed E-state index contributed by atoms with van der Waals surface area (Å²) in [6, 6.07) is 0. The molecule has 1 aliphatic carbocycles. The van der Waals surface area contributed by atoms with Crippen LogP contribution in [0, 0.1) is 5.92 Å². The second-order valence-corrected chi connectivity index (χ2v) is 5.71. The van der Waals surface area contributed by atoms with Crippen LogP contribution in [0.3, 0.4) is 0 Å². The average molecular weight is 338 g/mol. The highest BCUT2D eigenvalue weighted by atomic mass is 19.4. The molecule has 0 spiro atoms. The van der Waals surface area contributed by atoms with Gasteiger partial charge >= 0.3 is 6.18 Å². The lowest BCUT2D eigenvalue weighted by Crippen LogP contribution is -2.46. The summed E-state index contributed by atoms with van der Waals surface area (Å²) in [5.41, 5.74) is 0. The molecule has 0 radical (unpaired) electrons. The predicted molar refractivity (Wildman–Crippen MR) is 81.2 cm³/mol. The standard InChI is InChI=1S/C14H25F3N4O2/c1-18-13(20(2)6-7-23-9-11-4-5-11)19-8-12(22)21(3)10-14(15,16)17/h11H,4-10H2,1-3H3,(H,18,19). The number of hydrogen-bond acceptors (Lipinski definition) is 3. The van der Waals surface area contributed by atoms with Gasteiger partial charge in [-0.1, -0.05) is 0 Å². The first-order chi connectivity index (χ1) is 10.7. The Hall–Kier alpha value is -1.51. The highest BCUT2D eigenvalue weighted by molar-refractivity contribution is 5.86. The fourth-order valence-corrected chi connectivity index (χ4v) is 1.87. The third-order valence-corrected chi connectivity index (χ3v) is 3.43. The molecule has 134 valence electrons. The van der Waals surface area contributed by atoms with E-state index < -0.39 is 18.6 Å². The van der Waals surface area contributed by atoms with Crippen LogP contribution in [0.4, 0.5) is 13.2 Å². The van der Waals surface area contributed by atoms with Gasteiger partial charge in [0.15, 0.2) is 5.96 Å². The molecule has 0 atom stereocenters. The molecule has 23 heavy (non-hydrogen) atoms. The minimum atomic E-state index is -4.40. The largest absolute Gasteiger partial charge is 0.406 e. The second kappa shape index (κ2) is 8.95. The summed E-state index contributed by atoms with van der Waals surface area (Å²) in [5.74, 6) is 0.482. The van der Waals surface area contributed by atoms with Crippen LogP contribution in [-0.4, -0.2) is 81.8 Å². The monoisotopic (exact) mass is 338 g/mol. The van der Waals surface area contributed by atoms with Crippen LogP contribution in [0.5, 0.6) is 0 Å². The summed E-state index contributed by atoms with van der Waals surface area (Å²) in [4.78, 5) is 18.1. The lowest BCUT2D eigenvalue weighted by Gasteiger charge is -2.23. The van der Waals surface area contributed by atoms with Gasteiger partial charge in [0.25, 0.3) is 0 Å². The molecule has 0 heterocycles. The summed E-state index contributed by atoms with van der Waals surface area (Å²) >= 11 is 0. The molecule has 0 aromatic heterocycles. The Labute approximate surface area is 134 Å². The highest BCUT2D eigenvalue weighted by Gasteiger charge is 2.31. The number of carbonyl (C=O) groups excluding carboxylic acids is 1. The maximum absolute atomic E-state index is 12.2. The third-order valence-electron chi connectivity index (χ3n) is 3.43. The predicted octanol–water partition coefficient (Wildman–Crippen LogP) is 0.941. The van der Waals surface area contributed by atoms with Gasteiger partial charge in [-0.15, -0.1) is 0 Å². The number of ether oxygens (including phenoxy) is 1. The Morgan fingerprint density at radius 3 is 2.48 bits per heavy atom. The lowest BCUT2D eigenvalue weighted by atomic mass is 10.4. The van der Waals surface area contributed by atoms with E-state index in [1.54, 1.807) is 19.0 Å². The SMILES string of the molecule is CN=C(NCC(=O)N(C)CC(F)(F)F)N(C)CCOCC1CC1. The minimum Gasteiger partial charge on any atom is -0.379 e. The Morgan fingerprint density at radius 2 is 1.96 bits per heavy atom. The van der Waals surface area contributed by atoms with Crippen molar-refractivity contribution in [3.63, 3.8) is 0 Å². The summed E-state index contributed by atoms with van der Waals surface area (Å²) in [6.07, 6.45) is -1.94. The number of hydrogen-bond donors (Lipinski definition) is 1. The van der Waals surface area contributed by atoms with Crippen LogP contribution in [0.25, 0.3) is 0 Å². The number of halogens is 3. The van der Waals surface area contributed by atoms with E-state index in [4.69, 9.17) is 4.74 Å². The third kappa shape index (κ3) is 8.63. The first-order valence-corrected chi connectivity index (χ1v) is 7.53. The second-order valence-electron chi connectivity index (χ2n) is 5.71. The molecular weight excluding hydrogens is 313 g/mol. The number of aliphatic imine (C=N–C) groups is 1. The van der Waals surface area contributed by atoms with Gasteiger partial charge in [-0.2, -0.15) is 13.2 Å². The Kier molecular flexibility index (Phi) is 7.60. The molecule has 0 bridgehead atoms. The van der Waals surface area contributed by atoms with Crippen molar-refractivity contribution in [2.75, 3.05) is 54.0 Å². The average Bonchev–Trinajstić information content (AvgIpc) is 3.26. The first-order valence-electron chi connectivity index (χ1n) is 7.53. The smallest absolute Gasteiger partial charge is 0.379 e. The number of carbonyl (C=O) groups is 1. The van der Waals surface area contributed by atoms with Crippen LogP contribution in [0.15, 0.2) is 4.99 Å². The number of nitrogens with zero attached hydrogens (tertiary/aromatic N) is 3. The van der Waals surface area contributed by atoms with Crippen molar-refractivity contribution in [3.05, 3.63) is 0 Å². The van der Waals surface area contributed by atoms with Crippen molar-refractivity contribution < 1.29 is 22.7 Å². The summed E-state index contributed by atoms with van der Waals surface area (Å²) in [6.45, 7) is 0.374. The van der Waals surface area contributed by atoms with Gasteiger partial charge in [0.2, 0.25) is 5.91 Å². The van der Waals surface area contributed by atoms with E-state index in [1.807, 2.05) is 0 Å². The molecule has 0 aromatic rings. The summed E-state index contributed by atoms with van der Waals surface area (Å²) < 4.78 is 42.2. The van der Waals surface area contributed by atoms with E-state index >= 15 is 0 Å². The maximum atomic E-state index is 12.2. The fourth-order valence-electron chi connectivity index (χ4n) is 1.87. The number of guanidine groups is 1. The maximum Gasteiger partial charge on any atom is 0.406 e. The summed E-state index contributed by atoms with van der Waals surface area (Å²) in [5, 5.41) is 2.76. The van der Waals surface area contributed by atoms with Crippen molar-refractivity contribution >= 4 is 11.9 Å². The lowest BCUT2D eigenvalue weighted by molar-refractivity contribution is -0.157. The molecular formula is C14H25F3N4O2. The molecule has 6 nitrogen and oxygen atoms in total. The minimum absolute atomic E-state index is 0.244. The van der Waals surface area contributed by atoms with Gasteiger partial charge in [0.1, 0.15) is 6.54 Å². The van der Waals surface area contributed by atoms with E-state index in [0.717, 1.165) is 13.7 Å². The van der Waals surface area contributed by atoms with Crippen molar-refractivity contribution in [3.8, 4) is 0 Å². The quantitative estimate of drug-likeness (QED) is 0.407. The van der Waals surface area contributed by atoms with Crippen LogP contribution in [0.2, 0.25) is 0 Å². The normalized spacial score (nSPS) is 15.5. The van der Waals surface area contributed by atoms with Crippen molar-refractivity contribution in [2.45, 2.75) is 19.0 Å². The molecule has 1 aliphatic rings.